The first-order valence-corrected chi connectivity index (χ1v) is 7.29. The molecule has 0 heterocycles. The lowest BCUT2D eigenvalue weighted by atomic mass is 9.68. The molecule has 2 aliphatic carbocycles. The summed E-state index contributed by atoms with van der Waals surface area (Å²) in [5, 5.41) is 3.63. The fourth-order valence-corrected chi connectivity index (χ4v) is 4.36. The lowest BCUT2D eigenvalue weighted by Gasteiger charge is -2.43. The Labute approximate surface area is 111 Å². The minimum absolute atomic E-state index is 0.0869. The second-order valence-corrected chi connectivity index (χ2v) is 6.86. The number of nitrogens with one attached hydrogen (secondary N) is 1. The van der Waals surface area contributed by atoms with Gasteiger partial charge in [0.1, 0.15) is 0 Å². The molecule has 2 fully saturated rings. The van der Waals surface area contributed by atoms with Crippen LogP contribution in [-0.4, -0.2) is 25.2 Å². The highest BCUT2D eigenvalue weighted by Crippen LogP contribution is 2.62. The molecule has 0 aromatic rings. The van der Waals surface area contributed by atoms with Crippen LogP contribution < -0.4 is 5.32 Å². The van der Waals surface area contributed by atoms with Crippen molar-refractivity contribution in [2.24, 2.45) is 16.7 Å². The third kappa shape index (κ3) is 2.29. The molecule has 3 heteroatoms. The van der Waals surface area contributed by atoms with E-state index in [1.54, 1.807) is 0 Å². The summed E-state index contributed by atoms with van der Waals surface area (Å²) >= 11 is 0. The lowest BCUT2D eigenvalue weighted by Crippen LogP contribution is -2.50. The fourth-order valence-electron chi connectivity index (χ4n) is 4.36. The normalized spacial score (nSPS) is 36.9. The average molecular weight is 253 g/mol. The van der Waals surface area contributed by atoms with E-state index in [0.717, 1.165) is 12.5 Å². The molecule has 2 saturated carbocycles. The van der Waals surface area contributed by atoms with Crippen molar-refractivity contribution in [2.45, 2.75) is 59.4 Å². The fraction of sp³-hybridized carbons (Fsp3) is 0.933. The smallest absolute Gasteiger partial charge is 0.307 e. The van der Waals surface area contributed by atoms with Crippen LogP contribution in [0.5, 0.6) is 0 Å². The number of esters is 1. The van der Waals surface area contributed by atoms with Gasteiger partial charge in [0.15, 0.2) is 0 Å². The molecule has 0 aliphatic heterocycles. The molecule has 2 rings (SSSR count). The molecule has 0 amide bonds. The van der Waals surface area contributed by atoms with E-state index in [1.165, 1.54) is 19.3 Å². The predicted octanol–water partition coefficient (Wildman–Crippen LogP) is 2.74. The average Bonchev–Trinajstić information content (AvgIpc) is 2.75. The number of hydrogen-bond donors (Lipinski definition) is 1. The van der Waals surface area contributed by atoms with Crippen molar-refractivity contribution in [2.75, 3.05) is 13.2 Å². The Morgan fingerprint density at radius 2 is 2.11 bits per heavy atom. The number of carbonyl (C=O) groups excluding carboxylic acids is 1. The SMILES string of the molecule is CCOC(=O)CCNC1C2(C)CCC(C2)C1(C)C. The van der Waals surface area contributed by atoms with Gasteiger partial charge in [-0.05, 0) is 42.9 Å². The van der Waals surface area contributed by atoms with Crippen LogP contribution in [0, 0.1) is 16.7 Å². The minimum atomic E-state index is -0.0869. The molecule has 18 heavy (non-hydrogen) atoms. The summed E-state index contributed by atoms with van der Waals surface area (Å²) in [6.45, 7) is 10.2. The first kappa shape index (κ1) is 13.9. The Hall–Kier alpha value is -0.570. The summed E-state index contributed by atoms with van der Waals surface area (Å²) in [6.07, 6.45) is 4.54. The van der Waals surface area contributed by atoms with Gasteiger partial charge >= 0.3 is 5.97 Å². The highest BCUT2D eigenvalue weighted by molar-refractivity contribution is 5.69. The van der Waals surface area contributed by atoms with Gasteiger partial charge in [-0.1, -0.05) is 20.8 Å². The maximum atomic E-state index is 11.4. The molecule has 2 aliphatic rings. The Morgan fingerprint density at radius 3 is 2.67 bits per heavy atom. The van der Waals surface area contributed by atoms with Crippen LogP contribution in [0.15, 0.2) is 0 Å². The van der Waals surface area contributed by atoms with E-state index in [1.807, 2.05) is 6.92 Å². The molecule has 2 bridgehead atoms. The second kappa shape index (κ2) is 4.84. The molecule has 3 nitrogen and oxygen atoms in total. The van der Waals surface area contributed by atoms with Gasteiger partial charge in [0.05, 0.1) is 13.0 Å². The topological polar surface area (TPSA) is 38.3 Å². The molecule has 0 saturated heterocycles. The highest BCUT2D eigenvalue weighted by atomic mass is 16.5. The Bertz CT molecular complexity index is 322. The summed E-state index contributed by atoms with van der Waals surface area (Å²) < 4.78 is 4.97. The summed E-state index contributed by atoms with van der Waals surface area (Å²) in [4.78, 5) is 11.4. The highest BCUT2D eigenvalue weighted by Gasteiger charge is 2.58. The van der Waals surface area contributed by atoms with E-state index in [-0.39, 0.29) is 5.97 Å². The number of rotatable bonds is 5. The van der Waals surface area contributed by atoms with Gasteiger partial charge in [-0.2, -0.15) is 0 Å². The molecular weight excluding hydrogens is 226 g/mol. The van der Waals surface area contributed by atoms with Crippen molar-refractivity contribution in [1.82, 2.24) is 5.32 Å². The zero-order valence-electron chi connectivity index (χ0n) is 12.2. The number of hydrogen-bond acceptors (Lipinski definition) is 3. The predicted molar refractivity (Wildman–Crippen MR) is 72.3 cm³/mol. The summed E-state index contributed by atoms with van der Waals surface area (Å²) in [5.41, 5.74) is 0.796. The van der Waals surface area contributed by atoms with Crippen LogP contribution in [0.2, 0.25) is 0 Å². The van der Waals surface area contributed by atoms with Crippen LogP contribution >= 0.6 is 0 Å². The van der Waals surface area contributed by atoms with Crippen molar-refractivity contribution in [3.8, 4) is 0 Å². The lowest BCUT2D eigenvalue weighted by molar-refractivity contribution is -0.143. The Morgan fingerprint density at radius 1 is 1.39 bits per heavy atom. The van der Waals surface area contributed by atoms with Gasteiger partial charge < -0.3 is 10.1 Å². The van der Waals surface area contributed by atoms with Gasteiger partial charge in [0.2, 0.25) is 0 Å². The second-order valence-electron chi connectivity index (χ2n) is 6.86. The van der Waals surface area contributed by atoms with Crippen molar-refractivity contribution in [3.63, 3.8) is 0 Å². The molecule has 0 radical (unpaired) electrons. The first-order chi connectivity index (χ1) is 8.40. The summed E-state index contributed by atoms with van der Waals surface area (Å²) in [5.74, 6) is 0.763. The minimum Gasteiger partial charge on any atom is -0.466 e. The van der Waals surface area contributed by atoms with E-state index in [4.69, 9.17) is 4.74 Å². The van der Waals surface area contributed by atoms with Crippen molar-refractivity contribution >= 4 is 5.97 Å². The molecule has 0 spiro atoms. The Balaban J connectivity index is 1.87. The van der Waals surface area contributed by atoms with Gasteiger partial charge in [-0.15, -0.1) is 0 Å². The standard InChI is InChI=1S/C15H27NO2/c1-5-18-12(17)7-9-16-13-14(2,3)11-6-8-15(13,4)10-11/h11,13,16H,5-10H2,1-4H3. The summed E-state index contributed by atoms with van der Waals surface area (Å²) in [6, 6.07) is 0.540. The van der Waals surface area contributed by atoms with E-state index < -0.39 is 0 Å². The Kier molecular flexibility index (Phi) is 3.72. The zero-order valence-corrected chi connectivity index (χ0v) is 12.2. The van der Waals surface area contributed by atoms with Crippen LogP contribution in [0.3, 0.4) is 0 Å². The van der Waals surface area contributed by atoms with Gasteiger partial charge in [0, 0.05) is 12.6 Å². The van der Waals surface area contributed by atoms with Crippen LogP contribution in [0.25, 0.3) is 0 Å². The van der Waals surface area contributed by atoms with E-state index in [0.29, 0.717) is 29.9 Å². The molecular formula is C15H27NO2. The van der Waals surface area contributed by atoms with Crippen molar-refractivity contribution in [3.05, 3.63) is 0 Å². The monoisotopic (exact) mass is 253 g/mol. The van der Waals surface area contributed by atoms with E-state index in [2.05, 4.69) is 26.1 Å². The zero-order chi connectivity index (χ0) is 13.4. The van der Waals surface area contributed by atoms with Gasteiger partial charge in [-0.3, -0.25) is 4.79 Å². The molecule has 0 aromatic heterocycles. The maximum absolute atomic E-state index is 11.4. The van der Waals surface area contributed by atoms with Gasteiger partial charge in [-0.25, -0.2) is 0 Å². The third-order valence-corrected chi connectivity index (χ3v) is 5.25. The molecule has 104 valence electrons. The van der Waals surface area contributed by atoms with Crippen LogP contribution in [0.1, 0.15) is 53.4 Å². The van der Waals surface area contributed by atoms with E-state index >= 15 is 0 Å². The molecule has 3 unspecified atom stereocenters. The quantitative estimate of drug-likeness (QED) is 0.766. The first-order valence-electron chi connectivity index (χ1n) is 7.29. The molecule has 3 atom stereocenters. The number of ether oxygens (including phenoxy) is 1. The van der Waals surface area contributed by atoms with Gasteiger partial charge in [0.25, 0.3) is 0 Å². The van der Waals surface area contributed by atoms with Crippen LogP contribution in [0.4, 0.5) is 0 Å². The largest absolute Gasteiger partial charge is 0.466 e. The molecule has 0 aromatic carbocycles. The number of fused-ring (bicyclic) bond motifs is 2. The summed E-state index contributed by atoms with van der Waals surface area (Å²) in [7, 11) is 0. The third-order valence-electron chi connectivity index (χ3n) is 5.25. The van der Waals surface area contributed by atoms with Crippen molar-refractivity contribution in [1.29, 1.82) is 0 Å². The number of carbonyl (C=O) groups is 1. The van der Waals surface area contributed by atoms with Crippen molar-refractivity contribution < 1.29 is 9.53 Å². The molecule has 1 N–H and O–H groups in total. The van der Waals surface area contributed by atoms with E-state index in [9.17, 15) is 4.79 Å². The van der Waals surface area contributed by atoms with Crippen LogP contribution in [-0.2, 0) is 9.53 Å². The maximum Gasteiger partial charge on any atom is 0.307 e.